The van der Waals surface area contributed by atoms with Crippen molar-refractivity contribution in [1.29, 1.82) is 0 Å². The second kappa shape index (κ2) is 11.0. The molecule has 0 unspecified atom stereocenters. The lowest BCUT2D eigenvalue weighted by Gasteiger charge is -2.16. The summed E-state index contributed by atoms with van der Waals surface area (Å²) in [6.07, 6.45) is 3.63. The van der Waals surface area contributed by atoms with E-state index in [4.69, 9.17) is 5.11 Å². The zero-order chi connectivity index (χ0) is 18.8. The van der Waals surface area contributed by atoms with Crippen LogP contribution in [0.25, 0.3) is 0 Å². The number of aromatic hydroxyl groups is 1. The van der Waals surface area contributed by atoms with Crippen LogP contribution in [0.15, 0.2) is 48.5 Å². The fourth-order valence-electron chi connectivity index (χ4n) is 2.97. The molecule has 0 fully saturated rings. The monoisotopic (exact) mass is 340 g/mol. The van der Waals surface area contributed by atoms with E-state index < -0.39 is 0 Å². The standard InChI is InChI=1S/C18H30.C6H6O/c1-13(2)9-16-7-8-17(10-14(3)4)18(12-16)11-15(5)6;7-6-4-2-1-3-5-6/h7-8,12-15H,9-11H2,1-6H3;1-5,7H. The molecular weight excluding hydrogens is 304 g/mol. The number of benzene rings is 2. The maximum atomic E-state index is 8.63. The van der Waals surface area contributed by atoms with Crippen molar-refractivity contribution >= 4 is 0 Å². The van der Waals surface area contributed by atoms with Gasteiger partial charge in [0.25, 0.3) is 0 Å². The van der Waals surface area contributed by atoms with Gasteiger partial charge in [0.15, 0.2) is 0 Å². The van der Waals surface area contributed by atoms with E-state index in [2.05, 4.69) is 59.7 Å². The first-order chi connectivity index (χ1) is 11.8. The summed E-state index contributed by atoms with van der Waals surface area (Å²) in [6.45, 7) is 13.8. The molecule has 0 aliphatic carbocycles. The van der Waals surface area contributed by atoms with Crippen LogP contribution in [0.2, 0.25) is 0 Å². The lowest BCUT2D eigenvalue weighted by atomic mass is 9.90. The molecule has 0 spiro atoms. The van der Waals surface area contributed by atoms with Gasteiger partial charge in [-0.15, -0.1) is 0 Å². The molecule has 2 aromatic rings. The van der Waals surface area contributed by atoms with Gasteiger partial charge in [0.05, 0.1) is 0 Å². The largest absolute Gasteiger partial charge is 0.508 e. The number of phenols is 1. The first-order valence-electron chi connectivity index (χ1n) is 9.62. The van der Waals surface area contributed by atoms with Gasteiger partial charge in [-0.05, 0) is 65.8 Å². The summed E-state index contributed by atoms with van der Waals surface area (Å²) in [5, 5.41) is 8.63. The third-order valence-corrected chi connectivity index (χ3v) is 3.93. The summed E-state index contributed by atoms with van der Waals surface area (Å²) in [6, 6.07) is 15.9. The van der Waals surface area contributed by atoms with E-state index in [-0.39, 0.29) is 0 Å². The second-order valence-corrected chi connectivity index (χ2v) is 8.23. The van der Waals surface area contributed by atoms with Gasteiger partial charge in [0.1, 0.15) is 5.75 Å². The molecule has 0 bridgehead atoms. The molecule has 0 radical (unpaired) electrons. The van der Waals surface area contributed by atoms with E-state index in [1.165, 1.54) is 24.8 Å². The van der Waals surface area contributed by atoms with Crippen LogP contribution in [0.5, 0.6) is 5.75 Å². The number of hydrogen-bond donors (Lipinski definition) is 1. The fraction of sp³-hybridized carbons (Fsp3) is 0.500. The molecule has 0 aromatic heterocycles. The minimum absolute atomic E-state index is 0.322. The van der Waals surface area contributed by atoms with Crippen LogP contribution in [0.1, 0.15) is 58.2 Å². The highest BCUT2D eigenvalue weighted by atomic mass is 16.3. The molecule has 1 N–H and O–H groups in total. The normalized spacial score (nSPS) is 10.9. The zero-order valence-electron chi connectivity index (χ0n) is 16.9. The number of hydrogen-bond acceptors (Lipinski definition) is 1. The Morgan fingerprint density at radius 2 is 1.16 bits per heavy atom. The van der Waals surface area contributed by atoms with Gasteiger partial charge in [-0.2, -0.15) is 0 Å². The Morgan fingerprint density at radius 1 is 0.640 bits per heavy atom. The second-order valence-electron chi connectivity index (χ2n) is 8.23. The molecule has 0 aliphatic rings. The van der Waals surface area contributed by atoms with E-state index in [9.17, 15) is 0 Å². The van der Waals surface area contributed by atoms with Crippen molar-refractivity contribution in [3.05, 3.63) is 65.2 Å². The van der Waals surface area contributed by atoms with Gasteiger partial charge in [-0.1, -0.05) is 77.9 Å². The molecule has 1 nitrogen and oxygen atoms in total. The summed E-state index contributed by atoms with van der Waals surface area (Å²) >= 11 is 0. The maximum Gasteiger partial charge on any atom is 0.115 e. The Bertz CT molecular complexity index is 597. The third kappa shape index (κ3) is 9.34. The molecular formula is C24H36O. The van der Waals surface area contributed by atoms with Gasteiger partial charge in [0.2, 0.25) is 0 Å². The van der Waals surface area contributed by atoms with Gasteiger partial charge >= 0.3 is 0 Å². The highest BCUT2D eigenvalue weighted by Gasteiger charge is 2.09. The minimum atomic E-state index is 0.322. The Labute approximate surface area is 155 Å². The molecule has 2 rings (SSSR count). The van der Waals surface area contributed by atoms with Crippen molar-refractivity contribution < 1.29 is 5.11 Å². The molecule has 1 heteroatoms. The predicted molar refractivity (Wildman–Crippen MR) is 110 cm³/mol. The van der Waals surface area contributed by atoms with Gasteiger partial charge in [-0.25, -0.2) is 0 Å². The van der Waals surface area contributed by atoms with E-state index in [1.807, 2.05) is 6.07 Å². The molecule has 0 amide bonds. The Balaban J connectivity index is 0.000000370. The van der Waals surface area contributed by atoms with Crippen LogP contribution in [0.3, 0.4) is 0 Å². The summed E-state index contributed by atoms with van der Waals surface area (Å²) in [7, 11) is 0. The first kappa shape index (κ1) is 21.3. The van der Waals surface area contributed by atoms with Crippen LogP contribution in [0, 0.1) is 17.8 Å². The molecule has 0 heterocycles. The number of para-hydroxylation sites is 1. The minimum Gasteiger partial charge on any atom is -0.508 e. The van der Waals surface area contributed by atoms with E-state index in [0.717, 1.165) is 17.8 Å². The SMILES string of the molecule is CC(C)Cc1ccc(CC(C)C)c(CC(C)C)c1.Oc1ccccc1. The lowest BCUT2D eigenvalue weighted by molar-refractivity contribution is 0.475. The summed E-state index contributed by atoms with van der Waals surface area (Å²) in [5.74, 6) is 2.55. The van der Waals surface area contributed by atoms with E-state index in [1.54, 1.807) is 35.4 Å². The van der Waals surface area contributed by atoms with Gasteiger partial charge < -0.3 is 5.11 Å². The number of rotatable bonds is 6. The Kier molecular flexibility index (Phi) is 9.34. The van der Waals surface area contributed by atoms with Crippen molar-refractivity contribution in [3.63, 3.8) is 0 Å². The molecule has 2 aromatic carbocycles. The Hall–Kier alpha value is -1.76. The zero-order valence-corrected chi connectivity index (χ0v) is 16.9. The predicted octanol–water partition coefficient (Wildman–Crippen LogP) is 6.67. The van der Waals surface area contributed by atoms with Crippen molar-refractivity contribution in [2.24, 2.45) is 17.8 Å². The van der Waals surface area contributed by atoms with Crippen LogP contribution >= 0.6 is 0 Å². The summed E-state index contributed by atoms with van der Waals surface area (Å²) in [4.78, 5) is 0. The Morgan fingerprint density at radius 3 is 1.60 bits per heavy atom. The van der Waals surface area contributed by atoms with Crippen LogP contribution in [-0.2, 0) is 19.3 Å². The maximum absolute atomic E-state index is 8.63. The highest BCUT2D eigenvalue weighted by molar-refractivity contribution is 5.33. The van der Waals surface area contributed by atoms with Crippen molar-refractivity contribution in [1.82, 2.24) is 0 Å². The van der Waals surface area contributed by atoms with Crippen LogP contribution in [0.4, 0.5) is 0 Å². The average Bonchev–Trinajstić information content (AvgIpc) is 2.50. The van der Waals surface area contributed by atoms with Crippen molar-refractivity contribution in [2.45, 2.75) is 60.8 Å². The third-order valence-electron chi connectivity index (χ3n) is 3.93. The van der Waals surface area contributed by atoms with Crippen LogP contribution in [-0.4, -0.2) is 5.11 Å². The molecule has 0 atom stereocenters. The highest BCUT2D eigenvalue weighted by Crippen LogP contribution is 2.21. The molecule has 0 saturated heterocycles. The topological polar surface area (TPSA) is 20.2 Å². The van der Waals surface area contributed by atoms with Gasteiger partial charge in [-0.3, -0.25) is 0 Å². The van der Waals surface area contributed by atoms with E-state index >= 15 is 0 Å². The van der Waals surface area contributed by atoms with Gasteiger partial charge in [0, 0.05) is 0 Å². The molecule has 138 valence electrons. The average molecular weight is 341 g/mol. The lowest BCUT2D eigenvalue weighted by Crippen LogP contribution is -2.05. The van der Waals surface area contributed by atoms with Crippen molar-refractivity contribution in [3.8, 4) is 5.75 Å². The van der Waals surface area contributed by atoms with Crippen LogP contribution < -0.4 is 0 Å². The number of phenolic OH excluding ortho intramolecular Hbond substituents is 1. The summed E-state index contributed by atoms with van der Waals surface area (Å²) in [5.41, 5.74) is 4.65. The molecule has 25 heavy (non-hydrogen) atoms. The fourth-order valence-corrected chi connectivity index (χ4v) is 2.97. The first-order valence-corrected chi connectivity index (χ1v) is 9.62. The quantitative estimate of drug-likeness (QED) is 0.622. The molecule has 0 saturated carbocycles. The van der Waals surface area contributed by atoms with E-state index in [0.29, 0.717) is 5.75 Å². The molecule has 0 aliphatic heterocycles. The van der Waals surface area contributed by atoms with Crippen molar-refractivity contribution in [2.75, 3.05) is 0 Å². The smallest absolute Gasteiger partial charge is 0.115 e. The summed E-state index contributed by atoms with van der Waals surface area (Å²) < 4.78 is 0.